The van der Waals surface area contributed by atoms with Gasteiger partial charge in [0.2, 0.25) is 5.91 Å². The van der Waals surface area contributed by atoms with Crippen molar-refractivity contribution in [3.63, 3.8) is 0 Å². The van der Waals surface area contributed by atoms with E-state index in [0.717, 1.165) is 34.9 Å². The Bertz CT molecular complexity index is 1080. The van der Waals surface area contributed by atoms with Crippen LogP contribution in [-0.2, 0) is 11.3 Å². The molecular weight excluding hydrogens is 372 g/mol. The second-order valence-corrected chi connectivity index (χ2v) is 7.81. The number of piperazine rings is 1. The maximum atomic E-state index is 12.5. The molecule has 0 bridgehead atoms. The first-order valence-corrected chi connectivity index (χ1v) is 10.2. The lowest BCUT2D eigenvalue weighted by molar-refractivity contribution is -0.127. The standard InChI is InChI=1S/C21H22N4O2S/c1-16-4-2-3-5-17(16)6-7-19(26)24-10-8-23(9-11-24)15-18-14-20(27)25-12-13-28-21(25)22-18/h2-7,12-14H,8-11,15H2,1H3/b7-6+. The number of thiazole rings is 1. The summed E-state index contributed by atoms with van der Waals surface area (Å²) in [4.78, 5) is 34.0. The average molecular weight is 395 g/mol. The first-order valence-electron chi connectivity index (χ1n) is 9.31. The summed E-state index contributed by atoms with van der Waals surface area (Å²) in [5.41, 5.74) is 2.96. The van der Waals surface area contributed by atoms with Crippen LogP contribution in [0.5, 0.6) is 0 Å². The van der Waals surface area contributed by atoms with E-state index in [9.17, 15) is 9.59 Å². The summed E-state index contributed by atoms with van der Waals surface area (Å²) in [6.45, 7) is 5.57. The van der Waals surface area contributed by atoms with Crippen molar-refractivity contribution < 1.29 is 4.79 Å². The molecule has 0 radical (unpaired) electrons. The summed E-state index contributed by atoms with van der Waals surface area (Å²) in [5.74, 6) is 0.0410. The largest absolute Gasteiger partial charge is 0.337 e. The Morgan fingerprint density at radius 2 is 2.00 bits per heavy atom. The summed E-state index contributed by atoms with van der Waals surface area (Å²) in [7, 11) is 0. The molecule has 0 spiro atoms. The maximum absolute atomic E-state index is 12.5. The Morgan fingerprint density at radius 3 is 2.79 bits per heavy atom. The molecule has 0 atom stereocenters. The molecule has 4 rings (SSSR count). The van der Waals surface area contributed by atoms with Gasteiger partial charge in [0.1, 0.15) is 0 Å². The number of aromatic nitrogens is 2. The van der Waals surface area contributed by atoms with Crippen molar-refractivity contribution in [2.45, 2.75) is 13.5 Å². The van der Waals surface area contributed by atoms with Crippen LogP contribution in [0.1, 0.15) is 16.8 Å². The first-order chi connectivity index (χ1) is 13.6. The Balaban J connectivity index is 1.34. The van der Waals surface area contributed by atoms with Gasteiger partial charge < -0.3 is 4.90 Å². The first kappa shape index (κ1) is 18.6. The zero-order valence-electron chi connectivity index (χ0n) is 15.7. The molecule has 3 heterocycles. The summed E-state index contributed by atoms with van der Waals surface area (Å²) in [5, 5.41) is 1.86. The molecule has 2 aromatic heterocycles. The van der Waals surface area contributed by atoms with E-state index in [-0.39, 0.29) is 11.5 Å². The molecule has 1 amide bonds. The van der Waals surface area contributed by atoms with Crippen LogP contribution in [0.4, 0.5) is 0 Å². The lowest BCUT2D eigenvalue weighted by Gasteiger charge is -2.34. The summed E-state index contributed by atoms with van der Waals surface area (Å²) < 4.78 is 1.56. The van der Waals surface area contributed by atoms with Crippen molar-refractivity contribution >= 4 is 28.3 Å². The van der Waals surface area contributed by atoms with Crippen molar-refractivity contribution in [2.24, 2.45) is 0 Å². The SMILES string of the molecule is Cc1ccccc1/C=C/C(=O)N1CCN(Cc2cc(=O)n3ccsc3n2)CC1. The van der Waals surface area contributed by atoms with Crippen LogP contribution in [0.25, 0.3) is 11.0 Å². The molecule has 28 heavy (non-hydrogen) atoms. The number of hydrogen-bond acceptors (Lipinski definition) is 5. The van der Waals surface area contributed by atoms with Gasteiger partial charge >= 0.3 is 0 Å². The van der Waals surface area contributed by atoms with Gasteiger partial charge in [0.25, 0.3) is 5.56 Å². The van der Waals surface area contributed by atoms with E-state index >= 15 is 0 Å². The zero-order valence-corrected chi connectivity index (χ0v) is 16.6. The molecular formula is C21H22N4O2S. The molecule has 0 unspecified atom stereocenters. The Morgan fingerprint density at radius 1 is 1.21 bits per heavy atom. The van der Waals surface area contributed by atoms with Crippen LogP contribution >= 0.6 is 11.3 Å². The minimum absolute atomic E-state index is 0.0410. The number of amides is 1. The summed E-state index contributed by atoms with van der Waals surface area (Å²) in [6, 6.07) is 9.62. The minimum atomic E-state index is -0.0450. The molecule has 0 saturated carbocycles. The van der Waals surface area contributed by atoms with Gasteiger partial charge in [-0.05, 0) is 24.1 Å². The third-order valence-electron chi connectivity index (χ3n) is 5.02. The number of aryl methyl sites for hydroxylation is 1. The quantitative estimate of drug-likeness (QED) is 0.638. The van der Waals surface area contributed by atoms with E-state index in [1.165, 1.54) is 11.3 Å². The fraction of sp³-hybridized carbons (Fsp3) is 0.286. The van der Waals surface area contributed by atoms with Crippen molar-refractivity contribution in [3.8, 4) is 0 Å². The van der Waals surface area contributed by atoms with Crippen molar-refractivity contribution in [1.29, 1.82) is 0 Å². The Labute approximate surface area is 167 Å². The number of carbonyl (C=O) groups is 1. The van der Waals surface area contributed by atoms with Crippen molar-refractivity contribution in [2.75, 3.05) is 26.2 Å². The van der Waals surface area contributed by atoms with Crippen molar-refractivity contribution in [3.05, 3.63) is 75.2 Å². The summed E-state index contributed by atoms with van der Waals surface area (Å²) in [6.07, 6.45) is 5.29. The molecule has 6 nitrogen and oxygen atoms in total. The van der Waals surface area contributed by atoms with Crippen LogP contribution in [0.15, 0.2) is 52.8 Å². The van der Waals surface area contributed by atoms with Gasteiger partial charge in [-0.15, -0.1) is 11.3 Å². The second-order valence-electron chi connectivity index (χ2n) is 6.93. The highest BCUT2D eigenvalue weighted by Gasteiger charge is 2.20. The van der Waals surface area contributed by atoms with E-state index in [1.54, 1.807) is 22.7 Å². The molecule has 7 heteroatoms. The van der Waals surface area contributed by atoms with E-state index in [1.807, 2.05) is 47.5 Å². The molecule has 1 aromatic carbocycles. The average Bonchev–Trinajstić information content (AvgIpc) is 3.17. The smallest absolute Gasteiger partial charge is 0.258 e. The van der Waals surface area contributed by atoms with Gasteiger partial charge in [0, 0.05) is 56.4 Å². The van der Waals surface area contributed by atoms with Gasteiger partial charge in [-0.1, -0.05) is 24.3 Å². The second kappa shape index (κ2) is 8.08. The number of rotatable bonds is 4. The Kier molecular flexibility index (Phi) is 5.36. The Hall–Kier alpha value is -2.77. The highest BCUT2D eigenvalue weighted by Crippen LogP contribution is 2.12. The van der Waals surface area contributed by atoms with E-state index in [0.29, 0.717) is 19.6 Å². The van der Waals surface area contributed by atoms with Crippen molar-refractivity contribution in [1.82, 2.24) is 19.2 Å². The molecule has 1 saturated heterocycles. The van der Waals surface area contributed by atoms with Gasteiger partial charge in [0.15, 0.2) is 4.96 Å². The maximum Gasteiger partial charge on any atom is 0.258 e. The van der Waals surface area contributed by atoms with Crippen LogP contribution < -0.4 is 5.56 Å². The predicted octanol–water partition coefficient (Wildman–Crippen LogP) is 2.42. The van der Waals surface area contributed by atoms with Crippen LogP contribution in [-0.4, -0.2) is 51.3 Å². The molecule has 3 aromatic rings. The van der Waals surface area contributed by atoms with Crippen LogP contribution in [0.2, 0.25) is 0 Å². The highest BCUT2D eigenvalue weighted by atomic mass is 32.1. The van der Waals surface area contributed by atoms with Gasteiger partial charge in [-0.2, -0.15) is 0 Å². The highest BCUT2D eigenvalue weighted by molar-refractivity contribution is 7.15. The third-order valence-corrected chi connectivity index (χ3v) is 5.78. The molecule has 1 fully saturated rings. The van der Waals surface area contributed by atoms with E-state index in [4.69, 9.17) is 0 Å². The monoisotopic (exact) mass is 394 g/mol. The number of hydrogen-bond donors (Lipinski definition) is 0. The van der Waals surface area contributed by atoms with Gasteiger partial charge in [-0.25, -0.2) is 4.98 Å². The number of nitrogens with zero attached hydrogens (tertiary/aromatic N) is 4. The fourth-order valence-corrected chi connectivity index (χ4v) is 4.10. The number of carbonyl (C=O) groups excluding carboxylic acids is 1. The topological polar surface area (TPSA) is 57.9 Å². The van der Waals surface area contributed by atoms with E-state index < -0.39 is 0 Å². The van der Waals surface area contributed by atoms with E-state index in [2.05, 4.69) is 9.88 Å². The number of benzene rings is 1. The third kappa shape index (κ3) is 4.05. The van der Waals surface area contributed by atoms with Gasteiger partial charge in [-0.3, -0.25) is 18.9 Å². The normalized spacial score (nSPS) is 15.5. The predicted molar refractivity (Wildman–Crippen MR) is 111 cm³/mol. The molecule has 0 aliphatic carbocycles. The number of fused-ring (bicyclic) bond motifs is 1. The zero-order chi connectivity index (χ0) is 19.5. The minimum Gasteiger partial charge on any atom is -0.337 e. The molecule has 0 N–H and O–H groups in total. The van der Waals surface area contributed by atoms with Gasteiger partial charge in [0.05, 0.1) is 5.69 Å². The summed E-state index contributed by atoms with van der Waals surface area (Å²) >= 11 is 1.46. The fourth-order valence-electron chi connectivity index (χ4n) is 3.36. The molecule has 1 aliphatic rings. The lowest BCUT2D eigenvalue weighted by atomic mass is 10.1. The molecule has 144 valence electrons. The lowest BCUT2D eigenvalue weighted by Crippen LogP contribution is -2.48. The van der Waals surface area contributed by atoms with Crippen LogP contribution in [0, 0.1) is 6.92 Å². The van der Waals surface area contributed by atoms with Crippen LogP contribution in [0.3, 0.4) is 0 Å². The molecule has 1 aliphatic heterocycles.